The molecule has 4 nitrogen and oxygen atoms in total. The van der Waals surface area contributed by atoms with Crippen LogP contribution in [0.2, 0.25) is 0 Å². The van der Waals surface area contributed by atoms with Gasteiger partial charge in [0.25, 0.3) is 0 Å². The number of fused-ring (bicyclic) bond motifs is 1. The zero-order chi connectivity index (χ0) is 11.8. The van der Waals surface area contributed by atoms with Crippen LogP contribution in [0.3, 0.4) is 0 Å². The molecule has 2 heterocycles. The van der Waals surface area contributed by atoms with Crippen LogP contribution in [0.25, 0.3) is 11.1 Å². The first-order valence-electron chi connectivity index (χ1n) is 5.76. The van der Waals surface area contributed by atoms with Crippen LogP contribution < -0.4 is 10.2 Å². The van der Waals surface area contributed by atoms with Crippen LogP contribution in [0.5, 0.6) is 0 Å². The summed E-state index contributed by atoms with van der Waals surface area (Å²) >= 11 is 0. The van der Waals surface area contributed by atoms with Gasteiger partial charge in [-0.15, -0.1) is 0 Å². The molecule has 3 rings (SSSR count). The Hall–Kier alpha value is -1.62. The summed E-state index contributed by atoms with van der Waals surface area (Å²) in [5, 5.41) is 3.25. The predicted molar refractivity (Wildman–Crippen MR) is 63.8 cm³/mol. The van der Waals surface area contributed by atoms with Crippen molar-refractivity contribution in [3.8, 4) is 0 Å². The quantitative estimate of drug-likeness (QED) is 0.816. The van der Waals surface area contributed by atoms with E-state index in [-0.39, 0.29) is 5.82 Å². The van der Waals surface area contributed by atoms with E-state index in [2.05, 4.69) is 10.3 Å². The number of oxazole rings is 1. The normalized spacial score (nSPS) is 16.7. The summed E-state index contributed by atoms with van der Waals surface area (Å²) in [6, 6.07) is 3.19. The van der Waals surface area contributed by atoms with E-state index in [0.717, 1.165) is 31.7 Å². The molecule has 1 saturated heterocycles. The summed E-state index contributed by atoms with van der Waals surface area (Å²) in [4.78, 5) is 6.27. The summed E-state index contributed by atoms with van der Waals surface area (Å²) in [6.07, 6.45) is 0. The minimum Gasteiger partial charge on any atom is -0.441 e. The lowest BCUT2D eigenvalue weighted by molar-refractivity contribution is 0.551. The molecular weight excluding hydrogens is 221 g/mol. The Morgan fingerprint density at radius 1 is 1.35 bits per heavy atom. The standard InChI is InChI=1S/C12H14FN3O/c1-8-15-10-7-11(9(13)6-12(10)17-8)16-4-2-14-3-5-16/h6-7,14H,2-5H2,1H3. The molecule has 0 spiro atoms. The number of hydrogen-bond acceptors (Lipinski definition) is 4. The Morgan fingerprint density at radius 3 is 2.88 bits per heavy atom. The molecule has 2 aromatic rings. The van der Waals surface area contributed by atoms with Gasteiger partial charge >= 0.3 is 0 Å². The zero-order valence-electron chi connectivity index (χ0n) is 9.66. The molecule has 90 valence electrons. The third kappa shape index (κ3) is 1.86. The highest BCUT2D eigenvalue weighted by molar-refractivity contribution is 5.78. The highest BCUT2D eigenvalue weighted by atomic mass is 19.1. The Kier molecular flexibility index (Phi) is 2.48. The van der Waals surface area contributed by atoms with Gasteiger partial charge in [0.15, 0.2) is 11.5 Å². The average Bonchev–Trinajstić information content (AvgIpc) is 2.68. The largest absolute Gasteiger partial charge is 0.441 e. The van der Waals surface area contributed by atoms with Crippen LogP contribution in [0.15, 0.2) is 16.5 Å². The second-order valence-electron chi connectivity index (χ2n) is 4.24. The molecule has 1 aromatic heterocycles. The van der Waals surface area contributed by atoms with Crippen molar-refractivity contribution in [2.45, 2.75) is 6.92 Å². The Morgan fingerprint density at radius 2 is 2.12 bits per heavy atom. The highest BCUT2D eigenvalue weighted by Crippen LogP contribution is 2.26. The summed E-state index contributed by atoms with van der Waals surface area (Å²) in [6.45, 7) is 5.17. The van der Waals surface area contributed by atoms with Gasteiger partial charge in [-0.25, -0.2) is 9.37 Å². The highest BCUT2D eigenvalue weighted by Gasteiger charge is 2.16. The third-order valence-electron chi connectivity index (χ3n) is 3.02. The number of benzene rings is 1. The first-order valence-corrected chi connectivity index (χ1v) is 5.76. The molecular formula is C12H14FN3O. The molecule has 0 radical (unpaired) electrons. The molecule has 0 aliphatic carbocycles. The van der Waals surface area contributed by atoms with Crippen molar-refractivity contribution in [1.29, 1.82) is 0 Å². The van der Waals surface area contributed by atoms with Gasteiger partial charge < -0.3 is 14.6 Å². The Labute approximate surface area is 98.4 Å². The first kappa shape index (κ1) is 10.5. The number of halogens is 1. The minimum atomic E-state index is -0.240. The van der Waals surface area contributed by atoms with E-state index in [1.807, 2.05) is 4.90 Å². The number of rotatable bonds is 1. The van der Waals surface area contributed by atoms with Crippen molar-refractivity contribution < 1.29 is 8.81 Å². The number of aromatic nitrogens is 1. The molecule has 5 heteroatoms. The fourth-order valence-corrected chi connectivity index (χ4v) is 2.20. The van der Waals surface area contributed by atoms with Gasteiger partial charge in [-0.1, -0.05) is 0 Å². The molecule has 1 fully saturated rings. The summed E-state index contributed by atoms with van der Waals surface area (Å²) in [5.41, 5.74) is 1.85. The number of anilines is 1. The number of nitrogens with zero attached hydrogens (tertiary/aromatic N) is 2. The number of hydrogen-bond donors (Lipinski definition) is 1. The maximum atomic E-state index is 14.0. The van der Waals surface area contributed by atoms with Gasteiger partial charge in [0.1, 0.15) is 11.3 Å². The molecule has 0 bridgehead atoms. The van der Waals surface area contributed by atoms with Crippen molar-refractivity contribution in [3.05, 3.63) is 23.8 Å². The van der Waals surface area contributed by atoms with Gasteiger partial charge in [-0.3, -0.25) is 0 Å². The maximum absolute atomic E-state index is 14.0. The molecule has 1 aliphatic rings. The van der Waals surface area contributed by atoms with E-state index >= 15 is 0 Å². The van der Waals surface area contributed by atoms with Crippen LogP contribution in [0.4, 0.5) is 10.1 Å². The van der Waals surface area contributed by atoms with Crippen molar-refractivity contribution >= 4 is 16.8 Å². The average molecular weight is 235 g/mol. The lowest BCUT2D eigenvalue weighted by Crippen LogP contribution is -2.43. The van der Waals surface area contributed by atoms with Gasteiger partial charge in [0.2, 0.25) is 0 Å². The van der Waals surface area contributed by atoms with Crippen molar-refractivity contribution in [3.63, 3.8) is 0 Å². The second-order valence-corrected chi connectivity index (χ2v) is 4.24. The molecule has 17 heavy (non-hydrogen) atoms. The Bertz CT molecular complexity index is 546. The molecule has 0 unspecified atom stereocenters. The minimum absolute atomic E-state index is 0.240. The number of aryl methyl sites for hydroxylation is 1. The van der Waals surface area contributed by atoms with Gasteiger partial charge in [-0.2, -0.15) is 0 Å². The fraction of sp³-hybridized carbons (Fsp3) is 0.417. The summed E-state index contributed by atoms with van der Waals surface area (Å²) in [5.74, 6) is 0.326. The molecule has 0 saturated carbocycles. The SMILES string of the molecule is Cc1nc2cc(N3CCNCC3)c(F)cc2o1. The summed E-state index contributed by atoms with van der Waals surface area (Å²) in [7, 11) is 0. The zero-order valence-corrected chi connectivity index (χ0v) is 9.66. The Balaban J connectivity index is 2.05. The molecule has 1 aromatic carbocycles. The van der Waals surface area contributed by atoms with Gasteiger partial charge in [0.05, 0.1) is 5.69 Å². The molecule has 1 N–H and O–H groups in total. The van der Waals surface area contributed by atoms with E-state index in [1.165, 1.54) is 6.07 Å². The van der Waals surface area contributed by atoms with E-state index in [0.29, 0.717) is 17.2 Å². The molecule has 0 amide bonds. The van der Waals surface area contributed by atoms with E-state index in [4.69, 9.17) is 4.42 Å². The number of nitrogens with one attached hydrogen (secondary N) is 1. The van der Waals surface area contributed by atoms with Crippen LogP contribution in [0.1, 0.15) is 5.89 Å². The van der Waals surface area contributed by atoms with Gasteiger partial charge in [0, 0.05) is 39.2 Å². The van der Waals surface area contributed by atoms with Crippen molar-refractivity contribution in [1.82, 2.24) is 10.3 Å². The second kappa shape index (κ2) is 4.00. The van der Waals surface area contributed by atoms with E-state index in [9.17, 15) is 4.39 Å². The predicted octanol–water partition coefficient (Wildman–Crippen LogP) is 1.68. The first-order chi connectivity index (χ1) is 8.24. The monoisotopic (exact) mass is 235 g/mol. The van der Waals surface area contributed by atoms with Crippen molar-refractivity contribution in [2.75, 3.05) is 31.1 Å². The summed E-state index contributed by atoms with van der Waals surface area (Å²) < 4.78 is 19.3. The fourth-order valence-electron chi connectivity index (χ4n) is 2.20. The topological polar surface area (TPSA) is 41.3 Å². The lowest BCUT2D eigenvalue weighted by atomic mass is 10.2. The van der Waals surface area contributed by atoms with Crippen LogP contribution in [-0.4, -0.2) is 31.2 Å². The van der Waals surface area contributed by atoms with E-state index in [1.54, 1.807) is 13.0 Å². The molecule has 1 aliphatic heterocycles. The van der Waals surface area contributed by atoms with Crippen LogP contribution in [0, 0.1) is 12.7 Å². The molecule has 0 atom stereocenters. The van der Waals surface area contributed by atoms with E-state index < -0.39 is 0 Å². The van der Waals surface area contributed by atoms with Crippen LogP contribution >= 0.6 is 0 Å². The maximum Gasteiger partial charge on any atom is 0.192 e. The van der Waals surface area contributed by atoms with Gasteiger partial charge in [-0.05, 0) is 6.07 Å². The third-order valence-corrected chi connectivity index (χ3v) is 3.02. The number of piperazine rings is 1. The van der Waals surface area contributed by atoms with Crippen LogP contribution in [-0.2, 0) is 0 Å². The lowest BCUT2D eigenvalue weighted by Gasteiger charge is -2.29. The van der Waals surface area contributed by atoms with Crippen molar-refractivity contribution in [2.24, 2.45) is 0 Å². The smallest absolute Gasteiger partial charge is 0.192 e.